The molecule has 1 aromatic rings. The van der Waals surface area contributed by atoms with Crippen LogP contribution in [0, 0.1) is 17.3 Å². The normalized spacial score (nSPS) is 37.5. The summed E-state index contributed by atoms with van der Waals surface area (Å²) in [6, 6.07) is 7.75. The quantitative estimate of drug-likeness (QED) is 0.800. The highest BCUT2D eigenvalue weighted by Crippen LogP contribution is 2.58. The summed E-state index contributed by atoms with van der Waals surface area (Å²) in [6.07, 6.45) is 7.36. The summed E-state index contributed by atoms with van der Waals surface area (Å²) in [5.74, 6) is 0.768. The molecule has 0 radical (unpaired) electrons. The van der Waals surface area contributed by atoms with Gasteiger partial charge in [0.05, 0.1) is 5.56 Å². The van der Waals surface area contributed by atoms with Crippen molar-refractivity contribution in [3.8, 4) is 0 Å². The first-order chi connectivity index (χ1) is 13.0. The number of piperidine rings is 1. The molecule has 4 fully saturated rings. The first kappa shape index (κ1) is 17.1. The molecular formula is C22H29N3O2. The molecule has 2 bridgehead atoms. The fraction of sp³-hybridized carbons (Fsp3) is 0.636. The zero-order valence-electron chi connectivity index (χ0n) is 16.1. The standard InChI is InChI=1S/C22H29N3O2/c1-21-10-9-15(13-17(21)20(27)25-11-5-2-6-12-25)22(14-21)23-18-8-4-3-7-16(18)19(26)24-22/h3-4,7-8,15,17,23H,2,5-6,9-14H2,1H3,(H,24,26)/t15-,17+,21+,22-/m0/s1. The van der Waals surface area contributed by atoms with Crippen LogP contribution < -0.4 is 10.6 Å². The van der Waals surface area contributed by atoms with E-state index >= 15 is 0 Å². The van der Waals surface area contributed by atoms with Gasteiger partial charge in [0.2, 0.25) is 5.91 Å². The predicted molar refractivity (Wildman–Crippen MR) is 104 cm³/mol. The average molecular weight is 367 g/mol. The van der Waals surface area contributed by atoms with Crippen molar-refractivity contribution >= 4 is 17.5 Å². The molecule has 1 spiro atoms. The summed E-state index contributed by atoms with van der Waals surface area (Å²) >= 11 is 0. The Balaban J connectivity index is 1.43. The van der Waals surface area contributed by atoms with Crippen molar-refractivity contribution < 1.29 is 9.59 Å². The van der Waals surface area contributed by atoms with E-state index in [1.807, 2.05) is 24.3 Å². The van der Waals surface area contributed by atoms with Gasteiger partial charge in [0.25, 0.3) is 5.91 Å². The Morgan fingerprint density at radius 2 is 1.93 bits per heavy atom. The van der Waals surface area contributed by atoms with Crippen LogP contribution in [0.1, 0.15) is 62.2 Å². The van der Waals surface area contributed by atoms with Crippen LogP contribution in [-0.2, 0) is 4.79 Å². The van der Waals surface area contributed by atoms with E-state index in [-0.39, 0.29) is 17.2 Å². The number of fused-ring (bicyclic) bond motifs is 3. The predicted octanol–water partition coefficient (Wildman–Crippen LogP) is 3.38. The molecular weight excluding hydrogens is 338 g/mol. The number of likely N-dealkylation sites (tertiary alicyclic amines) is 1. The van der Waals surface area contributed by atoms with Gasteiger partial charge in [-0.3, -0.25) is 9.59 Å². The molecule has 3 aliphatic carbocycles. The van der Waals surface area contributed by atoms with E-state index < -0.39 is 5.66 Å². The third kappa shape index (κ3) is 2.58. The third-order valence-electron chi connectivity index (χ3n) is 7.64. The number of benzene rings is 1. The zero-order chi connectivity index (χ0) is 18.6. The molecule has 4 atom stereocenters. The lowest BCUT2D eigenvalue weighted by Gasteiger charge is -2.61. The van der Waals surface area contributed by atoms with Crippen LogP contribution in [0.4, 0.5) is 5.69 Å². The molecule has 144 valence electrons. The first-order valence-electron chi connectivity index (χ1n) is 10.5. The molecule has 0 unspecified atom stereocenters. The summed E-state index contributed by atoms with van der Waals surface area (Å²) in [7, 11) is 0. The number of nitrogens with zero attached hydrogens (tertiary/aromatic N) is 1. The minimum atomic E-state index is -0.406. The first-order valence-corrected chi connectivity index (χ1v) is 10.5. The number of carbonyl (C=O) groups is 2. The number of rotatable bonds is 1. The number of amides is 2. The summed E-state index contributed by atoms with van der Waals surface area (Å²) in [4.78, 5) is 28.2. The number of hydrogen-bond donors (Lipinski definition) is 2. The molecule has 1 saturated heterocycles. The highest BCUT2D eigenvalue weighted by molar-refractivity contribution is 6.02. The molecule has 2 heterocycles. The van der Waals surface area contributed by atoms with Crippen LogP contribution in [0.5, 0.6) is 0 Å². The minimum Gasteiger partial charge on any atom is -0.362 e. The fourth-order valence-corrected chi connectivity index (χ4v) is 6.16. The molecule has 1 aromatic carbocycles. The smallest absolute Gasteiger partial charge is 0.255 e. The Kier molecular flexibility index (Phi) is 3.78. The topological polar surface area (TPSA) is 61.4 Å². The fourth-order valence-electron chi connectivity index (χ4n) is 6.16. The largest absolute Gasteiger partial charge is 0.362 e. The maximum Gasteiger partial charge on any atom is 0.255 e. The van der Waals surface area contributed by atoms with E-state index in [0.29, 0.717) is 11.8 Å². The number of carbonyl (C=O) groups excluding carboxylic acids is 2. The second-order valence-corrected chi connectivity index (χ2v) is 9.34. The van der Waals surface area contributed by atoms with E-state index in [0.717, 1.165) is 62.9 Å². The van der Waals surface area contributed by atoms with E-state index in [4.69, 9.17) is 0 Å². The molecule has 3 saturated carbocycles. The Morgan fingerprint density at radius 1 is 1.15 bits per heavy atom. The number of nitrogens with one attached hydrogen (secondary N) is 2. The van der Waals surface area contributed by atoms with Crippen molar-refractivity contribution in [2.24, 2.45) is 17.3 Å². The van der Waals surface area contributed by atoms with Gasteiger partial charge >= 0.3 is 0 Å². The molecule has 5 aliphatic rings. The zero-order valence-corrected chi connectivity index (χ0v) is 16.1. The average Bonchev–Trinajstić information content (AvgIpc) is 2.68. The second-order valence-electron chi connectivity index (χ2n) is 9.34. The van der Waals surface area contributed by atoms with E-state index in [2.05, 4.69) is 22.5 Å². The molecule has 2 N–H and O–H groups in total. The van der Waals surface area contributed by atoms with Crippen molar-refractivity contribution in [2.75, 3.05) is 18.4 Å². The van der Waals surface area contributed by atoms with Gasteiger partial charge in [-0.2, -0.15) is 0 Å². The maximum atomic E-state index is 13.3. The minimum absolute atomic E-state index is 0.0133. The van der Waals surface area contributed by atoms with Crippen molar-refractivity contribution in [1.29, 1.82) is 0 Å². The third-order valence-corrected chi connectivity index (χ3v) is 7.64. The lowest BCUT2D eigenvalue weighted by atomic mass is 9.51. The van der Waals surface area contributed by atoms with E-state index in [1.165, 1.54) is 6.42 Å². The highest BCUT2D eigenvalue weighted by Gasteiger charge is 2.60. The van der Waals surface area contributed by atoms with E-state index in [9.17, 15) is 9.59 Å². The Labute approximate surface area is 160 Å². The van der Waals surface area contributed by atoms with E-state index in [1.54, 1.807) is 0 Å². The van der Waals surface area contributed by atoms with Gasteiger partial charge < -0.3 is 15.5 Å². The van der Waals surface area contributed by atoms with Crippen LogP contribution >= 0.6 is 0 Å². The summed E-state index contributed by atoms with van der Waals surface area (Å²) in [6.45, 7) is 4.11. The van der Waals surface area contributed by atoms with Gasteiger partial charge in [-0.05, 0) is 62.5 Å². The van der Waals surface area contributed by atoms with Gasteiger partial charge in [0, 0.05) is 30.6 Å². The van der Waals surface area contributed by atoms with Crippen LogP contribution in [0.15, 0.2) is 24.3 Å². The van der Waals surface area contributed by atoms with Crippen molar-refractivity contribution in [1.82, 2.24) is 10.2 Å². The monoisotopic (exact) mass is 367 g/mol. The number of para-hydroxylation sites is 1. The Hall–Kier alpha value is -2.04. The van der Waals surface area contributed by atoms with Crippen molar-refractivity contribution in [3.63, 3.8) is 0 Å². The Morgan fingerprint density at radius 3 is 2.70 bits per heavy atom. The summed E-state index contributed by atoms with van der Waals surface area (Å²) < 4.78 is 0. The van der Waals surface area contributed by atoms with Gasteiger partial charge in [-0.25, -0.2) is 0 Å². The van der Waals surface area contributed by atoms with Crippen LogP contribution in [0.25, 0.3) is 0 Å². The van der Waals surface area contributed by atoms with Crippen molar-refractivity contribution in [3.05, 3.63) is 29.8 Å². The molecule has 0 aromatic heterocycles. The number of hydrogen-bond acceptors (Lipinski definition) is 3. The summed E-state index contributed by atoms with van der Waals surface area (Å²) in [5, 5.41) is 6.99. The molecule has 2 amide bonds. The second kappa shape index (κ2) is 5.98. The highest BCUT2D eigenvalue weighted by atomic mass is 16.2. The molecule has 6 rings (SSSR count). The van der Waals surface area contributed by atoms with Crippen LogP contribution in [0.2, 0.25) is 0 Å². The van der Waals surface area contributed by atoms with Gasteiger partial charge in [0.1, 0.15) is 5.66 Å². The molecule has 5 nitrogen and oxygen atoms in total. The Bertz CT molecular complexity index is 788. The molecule has 5 heteroatoms. The van der Waals surface area contributed by atoms with Gasteiger partial charge in [-0.1, -0.05) is 19.1 Å². The van der Waals surface area contributed by atoms with Crippen molar-refractivity contribution in [2.45, 2.75) is 57.5 Å². The van der Waals surface area contributed by atoms with Crippen LogP contribution in [0.3, 0.4) is 0 Å². The van der Waals surface area contributed by atoms with Gasteiger partial charge in [-0.15, -0.1) is 0 Å². The maximum absolute atomic E-state index is 13.3. The lowest BCUT2D eigenvalue weighted by molar-refractivity contribution is -0.151. The molecule has 2 aliphatic heterocycles. The van der Waals surface area contributed by atoms with Gasteiger partial charge in [0.15, 0.2) is 0 Å². The lowest BCUT2D eigenvalue weighted by Crippen LogP contribution is -2.70. The number of anilines is 1. The molecule has 27 heavy (non-hydrogen) atoms. The summed E-state index contributed by atoms with van der Waals surface area (Å²) in [5.41, 5.74) is 1.18. The van der Waals surface area contributed by atoms with Crippen LogP contribution in [-0.4, -0.2) is 35.5 Å². The SMILES string of the molecule is C[C@]12CC[C@@H](C[C@@H]1C(=O)N1CCCCC1)[C@]1(C2)NC(=O)c2ccccc2N1.